The van der Waals surface area contributed by atoms with Crippen molar-refractivity contribution in [2.75, 3.05) is 7.11 Å². The second kappa shape index (κ2) is 6.05. The van der Waals surface area contributed by atoms with Gasteiger partial charge in [-0.3, -0.25) is 4.68 Å². The molecule has 0 bridgehead atoms. The van der Waals surface area contributed by atoms with E-state index in [0.717, 1.165) is 11.3 Å². The quantitative estimate of drug-likeness (QED) is 0.914. The third-order valence-corrected chi connectivity index (χ3v) is 3.20. The lowest BCUT2D eigenvalue weighted by Crippen LogP contribution is -2.20. The zero-order valence-electron chi connectivity index (χ0n) is 12.0. The molecular formula is C15H20FN3O. The van der Waals surface area contributed by atoms with Crippen molar-refractivity contribution in [3.8, 4) is 5.75 Å². The van der Waals surface area contributed by atoms with Crippen LogP contribution >= 0.6 is 0 Å². The Bertz CT molecular complexity index is 580. The van der Waals surface area contributed by atoms with Gasteiger partial charge >= 0.3 is 0 Å². The molecule has 4 nitrogen and oxygen atoms in total. The van der Waals surface area contributed by atoms with Gasteiger partial charge in [-0.15, -0.1) is 0 Å². The largest absolute Gasteiger partial charge is 0.493 e. The lowest BCUT2D eigenvalue weighted by atomic mass is 10.0. The molecule has 1 unspecified atom stereocenters. The van der Waals surface area contributed by atoms with Gasteiger partial charge in [-0.05, 0) is 38.0 Å². The Hall–Kier alpha value is -1.88. The molecule has 0 amide bonds. The van der Waals surface area contributed by atoms with Crippen LogP contribution in [-0.4, -0.2) is 16.9 Å². The predicted octanol–water partition coefficient (Wildman–Crippen LogP) is 2.85. The van der Waals surface area contributed by atoms with Crippen molar-refractivity contribution in [3.05, 3.63) is 47.5 Å². The Labute approximate surface area is 118 Å². The molecule has 1 aromatic carbocycles. The first kappa shape index (κ1) is 14.5. The molecule has 0 aliphatic carbocycles. The van der Waals surface area contributed by atoms with Crippen LogP contribution in [0.4, 0.5) is 4.39 Å². The lowest BCUT2D eigenvalue weighted by molar-refractivity contribution is 0.396. The number of nitrogens with two attached hydrogens (primary N) is 1. The number of methoxy groups -OCH3 is 1. The smallest absolute Gasteiger partial charge is 0.161 e. The van der Waals surface area contributed by atoms with E-state index in [-0.39, 0.29) is 17.9 Å². The van der Waals surface area contributed by atoms with Crippen LogP contribution in [0.5, 0.6) is 5.75 Å². The van der Waals surface area contributed by atoms with Crippen LogP contribution in [0.2, 0.25) is 0 Å². The van der Waals surface area contributed by atoms with Gasteiger partial charge in [0.25, 0.3) is 0 Å². The van der Waals surface area contributed by atoms with Crippen molar-refractivity contribution in [3.63, 3.8) is 0 Å². The minimum absolute atomic E-state index is 0.187. The fourth-order valence-electron chi connectivity index (χ4n) is 2.29. The fourth-order valence-corrected chi connectivity index (χ4v) is 2.29. The molecule has 2 rings (SSSR count). The third-order valence-electron chi connectivity index (χ3n) is 3.20. The van der Waals surface area contributed by atoms with Crippen molar-refractivity contribution in [2.45, 2.75) is 32.4 Å². The van der Waals surface area contributed by atoms with Crippen LogP contribution in [-0.2, 0) is 6.42 Å². The van der Waals surface area contributed by atoms with Gasteiger partial charge in [0.05, 0.1) is 25.0 Å². The molecule has 0 fully saturated rings. The number of rotatable bonds is 5. The number of halogens is 1. The highest BCUT2D eigenvalue weighted by Gasteiger charge is 2.20. The van der Waals surface area contributed by atoms with Crippen molar-refractivity contribution in [2.24, 2.45) is 5.73 Å². The maximum atomic E-state index is 13.2. The van der Waals surface area contributed by atoms with E-state index in [0.29, 0.717) is 12.2 Å². The Balaban J connectivity index is 2.28. The van der Waals surface area contributed by atoms with Crippen LogP contribution in [0.25, 0.3) is 0 Å². The van der Waals surface area contributed by atoms with Gasteiger partial charge in [-0.1, -0.05) is 12.1 Å². The predicted molar refractivity (Wildman–Crippen MR) is 76.2 cm³/mol. The molecule has 0 saturated carbocycles. The summed E-state index contributed by atoms with van der Waals surface area (Å²) in [5.41, 5.74) is 7.97. The summed E-state index contributed by atoms with van der Waals surface area (Å²) in [6.45, 7) is 4.07. The molecule has 0 aliphatic heterocycles. The number of ether oxygens (including phenoxy) is 1. The summed E-state index contributed by atoms with van der Waals surface area (Å²) in [7, 11) is 1.60. The summed E-state index contributed by atoms with van der Waals surface area (Å²) in [4.78, 5) is 0. The van der Waals surface area contributed by atoms with E-state index in [1.165, 1.54) is 12.1 Å². The van der Waals surface area contributed by atoms with Crippen LogP contribution in [0, 0.1) is 5.82 Å². The molecule has 1 aromatic heterocycles. The summed E-state index contributed by atoms with van der Waals surface area (Å²) < 4.78 is 20.4. The number of hydrogen-bond donors (Lipinski definition) is 1. The van der Waals surface area contributed by atoms with Gasteiger partial charge in [0, 0.05) is 6.04 Å². The van der Waals surface area contributed by atoms with E-state index in [1.807, 2.05) is 24.6 Å². The Morgan fingerprint density at radius 3 is 2.75 bits per heavy atom. The number of hydrogen-bond acceptors (Lipinski definition) is 3. The summed E-state index contributed by atoms with van der Waals surface area (Å²) in [6.07, 6.45) is 2.20. The summed E-state index contributed by atoms with van der Waals surface area (Å²) in [5, 5.41) is 4.30. The molecule has 0 aliphatic rings. The number of benzene rings is 1. The number of nitrogens with zero attached hydrogens (tertiary/aromatic N) is 2. The highest BCUT2D eigenvalue weighted by molar-refractivity contribution is 5.30. The first-order valence-electron chi connectivity index (χ1n) is 6.64. The summed E-state index contributed by atoms with van der Waals surface area (Å²) in [6, 6.07) is 6.38. The molecule has 2 N–H and O–H groups in total. The van der Waals surface area contributed by atoms with Crippen molar-refractivity contribution < 1.29 is 9.13 Å². The molecule has 0 radical (unpaired) electrons. The maximum absolute atomic E-state index is 13.2. The Morgan fingerprint density at radius 1 is 1.40 bits per heavy atom. The molecule has 1 heterocycles. The summed E-state index contributed by atoms with van der Waals surface area (Å²) in [5.74, 6) is 0.418. The van der Waals surface area contributed by atoms with E-state index < -0.39 is 0 Å². The normalized spacial score (nSPS) is 12.7. The van der Waals surface area contributed by atoms with Crippen molar-refractivity contribution in [1.82, 2.24) is 9.78 Å². The van der Waals surface area contributed by atoms with Crippen LogP contribution in [0.15, 0.2) is 30.5 Å². The molecule has 0 saturated heterocycles. The van der Waals surface area contributed by atoms with Gasteiger partial charge in [0.1, 0.15) is 5.82 Å². The highest BCUT2D eigenvalue weighted by Crippen LogP contribution is 2.28. The van der Waals surface area contributed by atoms with Crippen LogP contribution in [0.1, 0.15) is 37.2 Å². The minimum Gasteiger partial charge on any atom is -0.493 e. The second-order valence-corrected chi connectivity index (χ2v) is 5.08. The fraction of sp³-hybridized carbons (Fsp3) is 0.400. The van der Waals surface area contributed by atoms with E-state index in [9.17, 15) is 4.39 Å². The lowest BCUT2D eigenvalue weighted by Gasteiger charge is -2.18. The molecule has 20 heavy (non-hydrogen) atoms. The Kier molecular flexibility index (Phi) is 4.39. The topological polar surface area (TPSA) is 53.1 Å². The highest BCUT2D eigenvalue weighted by atomic mass is 19.1. The van der Waals surface area contributed by atoms with E-state index in [4.69, 9.17) is 10.5 Å². The second-order valence-electron chi connectivity index (χ2n) is 5.08. The van der Waals surface area contributed by atoms with Crippen LogP contribution in [0.3, 0.4) is 0 Å². The van der Waals surface area contributed by atoms with Crippen molar-refractivity contribution >= 4 is 0 Å². The first-order chi connectivity index (χ1) is 9.52. The molecule has 1 atom stereocenters. The average Bonchev–Trinajstić information content (AvgIpc) is 2.82. The first-order valence-corrected chi connectivity index (χ1v) is 6.64. The molecule has 2 aromatic rings. The molecular weight excluding hydrogens is 257 g/mol. The van der Waals surface area contributed by atoms with Crippen LogP contribution < -0.4 is 10.5 Å². The van der Waals surface area contributed by atoms with E-state index in [2.05, 4.69) is 5.10 Å². The molecule has 5 heteroatoms. The average molecular weight is 277 g/mol. The van der Waals surface area contributed by atoms with Gasteiger partial charge in [0.2, 0.25) is 0 Å². The van der Waals surface area contributed by atoms with Gasteiger partial charge in [0.15, 0.2) is 5.75 Å². The molecule has 108 valence electrons. The standard InChI is InChI=1S/C15H20FN3O/c1-10(2)19-15(14(20-3)9-18-19)13(17)8-11-5-4-6-12(16)7-11/h4-7,9-10,13H,8,17H2,1-3H3. The minimum atomic E-state index is -0.295. The van der Waals surface area contributed by atoms with Gasteiger partial charge in [-0.2, -0.15) is 5.10 Å². The zero-order chi connectivity index (χ0) is 14.7. The number of aromatic nitrogens is 2. The van der Waals surface area contributed by atoms with Gasteiger partial charge < -0.3 is 10.5 Å². The van der Waals surface area contributed by atoms with E-state index >= 15 is 0 Å². The zero-order valence-corrected chi connectivity index (χ0v) is 12.0. The SMILES string of the molecule is COc1cnn(C(C)C)c1C(N)Cc1cccc(F)c1. The molecule has 0 spiro atoms. The monoisotopic (exact) mass is 277 g/mol. The summed E-state index contributed by atoms with van der Waals surface area (Å²) >= 11 is 0. The van der Waals surface area contributed by atoms with E-state index in [1.54, 1.807) is 19.4 Å². The Morgan fingerprint density at radius 2 is 2.15 bits per heavy atom. The van der Waals surface area contributed by atoms with Crippen molar-refractivity contribution in [1.29, 1.82) is 0 Å². The maximum Gasteiger partial charge on any atom is 0.161 e. The van der Waals surface area contributed by atoms with Gasteiger partial charge in [-0.25, -0.2) is 4.39 Å². The third kappa shape index (κ3) is 2.99.